The Bertz CT molecular complexity index is 760. The fraction of sp³-hybridized carbons (Fsp3) is 0.350. The summed E-state index contributed by atoms with van der Waals surface area (Å²) in [4.78, 5) is 12.0. The van der Waals surface area contributed by atoms with Crippen molar-refractivity contribution in [1.29, 1.82) is 0 Å². The number of para-hydroxylation sites is 2. The summed E-state index contributed by atoms with van der Waals surface area (Å²) in [7, 11) is 1.53. The molecule has 1 aliphatic rings. The van der Waals surface area contributed by atoms with Crippen LogP contribution in [-0.2, 0) is 4.79 Å². The van der Waals surface area contributed by atoms with Crippen molar-refractivity contribution in [2.45, 2.75) is 19.3 Å². The summed E-state index contributed by atoms with van der Waals surface area (Å²) in [5.74, 6) is 0.920. The molecule has 2 N–H and O–H groups in total. The molecule has 3 rings (SSSR count). The van der Waals surface area contributed by atoms with E-state index in [1.165, 1.54) is 19.2 Å². The molecular weight excluding hydrogens is 335 g/mol. The lowest BCUT2D eigenvalue weighted by molar-refractivity contribution is -0.116. The van der Waals surface area contributed by atoms with E-state index >= 15 is 0 Å². The predicted molar refractivity (Wildman–Crippen MR) is 98.3 cm³/mol. The smallest absolute Gasteiger partial charge is 0.224 e. The number of hydrogen-bond donors (Lipinski definition) is 2. The third-order valence-corrected chi connectivity index (χ3v) is 4.45. The molecule has 1 atom stereocenters. The molecule has 6 heteroatoms. The molecular formula is C20H23FN2O3. The van der Waals surface area contributed by atoms with E-state index < -0.39 is 5.82 Å². The van der Waals surface area contributed by atoms with Crippen molar-refractivity contribution in [3.63, 3.8) is 0 Å². The summed E-state index contributed by atoms with van der Waals surface area (Å²) < 4.78 is 25.1. The first kappa shape index (κ1) is 18.2. The number of carbonyl (C=O) groups excluding carboxylic acids is 1. The molecule has 1 amide bonds. The molecule has 0 aliphatic carbocycles. The van der Waals surface area contributed by atoms with Crippen molar-refractivity contribution in [3.05, 3.63) is 48.3 Å². The largest absolute Gasteiger partial charge is 0.493 e. The monoisotopic (exact) mass is 358 g/mol. The summed E-state index contributed by atoms with van der Waals surface area (Å²) in [5.41, 5.74) is 0.421. The molecule has 26 heavy (non-hydrogen) atoms. The van der Waals surface area contributed by atoms with Gasteiger partial charge in [-0.25, -0.2) is 4.39 Å². The normalized spacial score (nSPS) is 16.3. The maximum atomic E-state index is 14.3. The second-order valence-electron chi connectivity index (χ2n) is 6.34. The maximum absolute atomic E-state index is 14.3. The van der Waals surface area contributed by atoms with Crippen molar-refractivity contribution in [2.24, 2.45) is 5.92 Å². The number of anilines is 1. The molecule has 1 heterocycles. The minimum Gasteiger partial charge on any atom is -0.493 e. The molecule has 0 saturated carbocycles. The summed E-state index contributed by atoms with van der Waals surface area (Å²) >= 11 is 0. The summed E-state index contributed by atoms with van der Waals surface area (Å²) in [6.45, 7) is 1.99. The quantitative estimate of drug-likeness (QED) is 0.787. The van der Waals surface area contributed by atoms with Crippen LogP contribution in [0.3, 0.4) is 0 Å². The SMILES string of the molecule is COc1ccccc1Oc1ccc(NC(=O)CCC2CCNC2)cc1F. The predicted octanol–water partition coefficient (Wildman–Crippen LogP) is 3.95. The van der Waals surface area contributed by atoms with Crippen molar-refractivity contribution < 1.29 is 18.7 Å². The van der Waals surface area contributed by atoms with Gasteiger partial charge in [-0.1, -0.05) is 12.1 Å². The van der Waals surface area contributed by atoms with Gasteiger partial charge in [0.25, 0.3) is 0 Å². The highest BCUT2D eigenvalue weighted by molar-refractivity contribution is 5.90. The molecule has 5 nitrogen and oxygen atoms in total. The highest BCUT2D eigenvalue weighted by atomic mass is 19.1. The highest BCUT2D eigenvalue weighted by Crippen LogP contribution is 2.33. The molecule has 0 aromatic heterocycles. The van der Waals surface area contributed by atoms with E-state index in [4.69, 9.17) is 9.47 Å². The van der Waals surface area contributed by atoms with Gasteiger partial charge in [0.05, 0.1) is 7.11 Å². The molecule has 0 spiro atoms. The summed E-state index contributed by atoms with van der Waals surface area (Å²) in [6, 6.07) is 11.4. The first-order valence-corrected chi connectivity index (χ1v) is 8.76. The lowest BCUT2D eigenvalue weighted by Gasteiger charge is -2.12. The van der Waals surface area contributed by atoms with Gasteiger partial charge in [0.1, 0.15) is 0 Å². The fourth-order valence-electron chi connectivity index (χ4n) is 3.00. The number of nitrogens with one attached hydrogen (secondary N) is 2. The highest BCUT2D eigenvalue weighted by Gasteiger charge is 2.16. The molecule has 2 aromatic rings. The molecule has 0 radical (unpaired) electrons. The first-order valence-electron chi connectivity index (χ1n) is 8.76. The number of benzene rings is 2. The Hall–Kier alpha value is -2.60. The van der Waals surface area contributed by atoms with E-state index in [0.717, 1.165) is 25.9 Å². The molecule has 1 unspecified atom stereocenters. The Kier molecular flexibility index (Phi) is 6.07. The van der Waals surface area contributed by atoms with Crippen molar-refractivity contribution in [2.75, 3.05) is 25.5 Å². The average molecular weight is 358 g/mol. The van der Waals surface area contributed by atoms with E-state index in [1.54, 1.807) is 24.3 Å². The van der Waals surface area contributed by atoms with Gasteiger partial charge in [0.2, 0.25) is 5.91 Å². The Morgan fingerprint density at radius 2 is 2.04 bits per heavy atom. The van der Waals surface area contributed by atoms with E-state index in [2.05, 4.69) is 10.6 Å². The minimum atomic E-state index is -0.548. The van der Waals surface area contributed by atoms with Crippen LogP contribution in [0.4, 0.5) is 10.1 Å². The number of halogens is 1. The van der Waals surface area contributed by atoms with Crippen LogP contribution in [0.25, 0.3) is 0 Å². The Morgan fingerprint density at radius 3 is 2.73 bits per heavy atom. The lowest BCUT2D eigenvalue weighted by Crippen LogP contribution is -2.15. The Balaban J connectivity index is 1.59. The van der Waals surface area contributed by atoms with E-state index in [0.29, 0.717) is 29.5 Å². The number of hydrogen-bond acceptors (Lipinski definition) is 4. The number of ether oxygens (including phenoxy) is 2. The lowest BCUT2D eigenvalue weighted by atomic mass is 10.0. The van der Waals surface area contributed by atoms with Gasteiger partial charge in [-0.2, -0.15) is 0 Å². The van der Waals surface area contributed by atoms with Crippen molar-refractivity contribution in [3.8, 4) is 17.2 Å². The zero-order chi connectivity index (χ0) is 18.4. The summed E-state index contributed by atoms with van der Waals surface area (Å²) in [6.07, 6.45) is 2.39. The van der Waals surface area contributed by atoms with Gasteiger partial charge >= 0.3 is 0 Å². The third kappa shape index (κ3) is 4.73. The van der Waals surface area contributed by atoms with Gasteiger partial charge in [-0.15, -0.1) is 0 Å². The minimum absolute atomic E-state index is 0.0736. The van der Waals surface area contributed by atoms with Crippen LogP contribution >= 0.6 is 0 Å². The molecule has 1 saturated heterocycles. The second-order valence-corrected chi connectivity index (χ2v) is 6.34. The molecule has 0 bridgehead atoms. The topological polar surface area (TPSA) is 59.6 Å². The van der Waals surface area contributed by atoms with Crippen LogP contribution in [0.5, 0.6) is 17.2 Å². The van der Waals surface area contributed by atoms with Crippen LogP contribution in [0, 0.1) is 11.7 Å². The van der Waals surface area contributed by atoms with Crippen LogP contribution in [-0.4, -0.2) is 26.1 Å². The average Bonchev–Trinajstić information content (AvgIpc) is 3.16. The van der Waals surface area contributed by atoms with E-state index in [1.807, 2.05) is 6.07 Å². The first-order chi connectivity index (χ1) is 12.7. The Labute approximate surface area is 152 Å². The van der Waals surface area contributed by atoms with E-state index in [-0.39, 0.29) is 11.7 Å². The van der Waals surface area contributed by atoms with Gasteiger partial charge < -0.3 is 20.1 Å². The molecule has 138 valence electrons. The number of methoxy groups -OCH3 is 1. The van der Waals surface area contributed by atoms with Crippen LogP contribution in [0.15, 0.2) is 42.5 Å². The van der Waals surface area contributed by atoms with Crippen LogP contribution in [0.2, 0.25) is 0 Å². The molecule has 1 aliphatic heterocycles. The number of carbonyl (C=O) groups is 1. The van der Waals surface area contributed by atoms with E-state index in [9.17, 15) is 9.18 Å². The zero-order valence-electron chi connectivity index (χ0n) is 14.8. The fourth-order valence-corrected chi connectivity index (χ4v) is 3.00. The standard InChI is InChI=1S/C20H23FN2O3/c1-25-18-4-2-3-5-19(18)26-17-8-7-15(12-16(17)21)23-20(24)9-6-14-10-11-22-13-14/h2-5,7-8,12,14,22H,6,9-11,13H2,1H3,(H,23,24). The number of amides is 1. The molecule has 2 aromatic carbocycles. The van der Waals surface area contributed by atoms with Gasteiger partial charge in [-0.3, -0.25) is 4.79 Å². The van der Waals surface area contributed by atoms with Crippen molar-refractivity contribution >= 4 is 11.6 Å². The van der Waals surface area contributed by atoms with Gasteiger partial charge in [0.15, 0.2) is 23.1 Å². The Morgan fingerprint density at radius 1 is 1.23 bits per heavy atom. The number of rotatable bonds is 7. The van der Waals surface area contributed by atoms with Gasteiger partial charge in [-0.05, 0) is 56.1 Å². The third-order valence-electron chi connectivity index (χ3n) is 4.45. The maximum Gasteiger partial charge on any atom is 0.224 e. The van der Waals surface area contributed by atoms with Crippen molar-refractivity contribution in [1.82, 2.24) is 5.32 Å². The van der Waals surface area contributed by atoms with Gasteiger partial charge in [0, 0.05) is 18.2 Å². The zero-order valence-corrected chi connectivity index (χ0v) is 14.8. The van der Waals surface area contributed by atoms with Crippen LogP contribution < -0.4 is 20.1 Å². The summed E-state index contributed by atoms with van der Waals surface area (Å²) in [5, 5.41) is 6.02. The molecule has 1 fully saturated rings. The second kappa shape index (κ2) is 8.67. The van der Waals surface area contributed by atoms with Crippen LogP contribution in [0.1, 0.15) is 19.3 Å².